The van der Waals surface area contributed by atoms with Gasteiger partial charge >= 0.3 is 0 Å². The van der Waals surface area contributed by atoms with Crippen LogP contribution >= 0.6 is 0 Å². The lowest BCUT2D eigenvalue weighted by molar-refractivity contribution is 0.296. The molecule has 2 rings (SSSR count). The average Bonchev–Trinajstić information content (AvgIpc) is 2.92. The summed E-state index contributed by atoms with van der Waals surface area (Å²) < 4.78 is 0. The Morgan fingerprint density at radius 1 is 1.32 bits per heavy atom. The Balaban J connectivity index is 2.37. The number of aliphatic hydroxyl groups is 1. The zero-order valence-electron chi connectivity index (χ0n) is 11.7. The number of anilines is 2. The van der Waals surface area contributed by atoms with Crippen LogP contribution in [-0.4, -0.2) is 34.3 Å². The molecule has 0 atom stereocenters. The van der Waals surface area contributed by atoms with E-state index in [4.69, 9.17) is 5.84 Å². The molecule has 0 aromatic carbocycles. The number of rotatable bonds is 5. The first-order valence-electron chi connectivity index (χ1n) is 6.86. The van der Waals surface area contributed by atoms with Gasteiger partial charge in [-0.1, -0.05) is 12.8 Å². The van der Waals surface area contributed by atoms with E-state index in [1.165, 1.54) is 12.8 Å². The molecule has 0 unspecified atom stereocenters. The predicted octanol–water partition coefficient (Wildman–Crippen LogP) is 1.12. The predicted molar refractivity (Wildman–Crippen MR) is 76.0 cm³/mol. The largest absolute Gasteiger partial charge is 0.395 e. The lowest BCUT2D eigenvalue weighted by Gasteiger charge is -2.31. The van der Waals surface area contributed by atoms with E-state index in [9.17, 15) is 5.11 Å². The van der Waals surface area contributed by atoms with Crippen molar-refractivity contribution >= 4 is 11.6 Å². The number of hydrogen-bond acceptors (Lipinski definition) is 6. The molecule has 4 N–H and O–H groups in total. The van der Waals surface area contributed by atoms with Gasteiger partial charge in [0.25, 0.3) is 0 Å². The SMILES string of the molecule is Cc1nc(NN)c(C)c(N(CCO)C2CCCC2)n1. The quantitative estimate of drug-likeness (QED) is 0.546. The second kappa shape index (κ2) is 6.16. The van der Waals surface area contributed by atoms with Crippen LogP contribution in [0.3, 0.4) is 0 Å². The van der Waals surface area contributed by atoms with Crippen LogP contribution in [0.4, 0.5) is 11.6 Å². The number of nitrogens with one attached hydrogen (secondary N) is 1. The van der Waals surface area contributed by atoms with E-state index in [0.29, 0.717) is 24.2 Å². The highest BCUT2D eigenvalue weighted by Gasteiger charge is 2.25. The third-order valence-corrected chi connectivity index (χ3v) is 3.75. The van der Waals surface area contributed by atoms with Crippen LogP contribution in [0.2, 0.25) is 0 Å². The fourth-order valence-corrected chi connectivity index (χ4v) is 2.82. The van der Waals surface area contributed by atoms with Crippen LogP contribution in [0.15, 0.2) is 0 Å². The lowest BCUT2D eigenvalue weighted by atomic mass is 10.2. The number of aromatic nitrogens is 2. The Morgan fingerprint density at radius 2 is 2.00 bits per heavy atom. The van der Waals surface area contributed by atoms with Gasteiger partial charge in [0, 0.05) is 18.2 Å². The normalized spacial score (nSPS) is 15.8. The Hall–Kier alpha value is -1.40. The minimum absolute atomic E-state index is 0.129. The van der Waals surface area contributed by atoms with Crippen molar-refractivity contribution in [3.05, 3.63) is 11.4 Å². The van der Waals surface area contributed by atoms with Crippen LogP contribution in [0.25, 0.3) is 0 Å². The maximum Gasteiger partial charge on any atom is 0.148 e. The Labute approximate surface area is 114 Å². The van der Waals surface area contributed by atoms with Crippen molar-refractivity contribution < 1.29 is 5.11 Å². The molecule has 0 amide bonds. The number of hydrogen-bond donors (Lipinski definition) is 3. The summed E-state index contributed by atoms with van der Waals surface area (Å²) in [5.41, 5.74) is 3.56. The van der Waals surface area contributed by atoms with Crippen LogP contribution in [0, 0.1) is 13.8 Å². The van der Waals surface area contributed by atoms with Crippen LogP contribution in [-0.2, 0) is 0 Å². The highest BCUT2D eigenvalue weighted by Crippen LogP contribution is 2.30. The Kier molecular flexibility index (Phi) is 4.55. The molecular formula is C13H23N5O. The highest BCUT2D eigenvalue weighted by molar-refractivity contribution is 5.58. The summed E-state index contributed by atoms with van der Waals surface area (Å²) in [5.74, 6) is 7.74. The summed E-state index contributed by atoms with van der Waals surface area (Å²) in [6, 6.07) is 0.464. The van der Waals surface area contributed by atoms with Crippen molar-refractivity contribution in [3.63, 3.8) is 0 Å². The molecule has 1 heterocycles. The fraction of sp³-hybridized carbons (Fsp3) is 0.692. The van der Waals surface area contributed by atoms with Crippen LogP contribution < -0.4 is 16.2 Å². The van der Waals surface area contributed by atoms with Gasteiger partial charge in [0.1, 0.15) is 17.5 Å². The molecular weight excluding hydrogens is 242 g/mol. The van der Waals surface area contributed by atoms with E-state index < -0.39 is 0 Å². The van der Waals surface area contributed by atoms with Gasteiger partial charge in [-0.05, 0) is 26.7 Å². The molecule has 6 nitrogen and oxygen atoms in total. The maximum absolute atomic E-state index is 9.32. The molecule has 1 aliphatic rings. The van der Waals surface area contributed by atoms with Gasteiger partial charge in [0.15, 0.2) is 0 Å². The molecule has 1 fully saturated rings. The van der Waals surface area contributed by atoms with Crippen molar-refractivity contribution in [2.45, 2.75) is 45.6 Å². The summed E-state index contributed by atoms with van der Waals surface area (Å²) in [6.45, 7) is 4.55. The zero-order chi connectivity index (χ0) is 13.8. The first-order chi connectivity index (χ1) is 9.17. The number of aliphatic hydroxyl groups excluding tert-OH is 1. The van der Waals surface area contributed by atoms with E-state index in [1.807, 2.05) is 13.8 Å². The molecule has 0 saturated heterocycles. The van der Waals surface area contributed by atoms with Crippen molar-refractivity contribution in [2.75, 3.05) is 23.5 Å². The minimum Gasteiger partial charge on any atom is -0.395 e. The maximum atomic E-state index is 9.32. The van der Waals surface area contributed by atoms with Gasteiger partial charge in [0.05, 0.1) is 6.61 Å². The second-order valence-corrected chi connectivity index (χ2v) is 5.07. The molecule has 1 saturated carbocycles. The number of nitrogens with zero attached hydrogens (tertiary/aromatic N) is 3. The van der Waals surface area contributed by atoms with E-state index >= 15 is 0 Å². The van der Waals surface area contributed by atoms with Gasteiger partial charge in [0.2, 0.25) is 0 Å². The number of nitrogens with two attached hydrogens (primary N) is 1. The third-order valence-electron chi connectivity index (χ3n) is 3.75. The molecule has 1 aromatic heterocycles. The van der Waals surface area contributed by atoms with Crippen molar-refractivity contribution in [2.24, 2.45) is 5.84 Å². The van der Waals surface area contributed by atoms with Gasteiger partial charge < -0.3 is 15.4 Å². The van der Waals surface area contributed by atoms with E-state index in [-0.39, 0.29) is 6.61 Å². The summed E-state index contributed by atoms with van der Waals surface area (Å²) in [5, 5.41) is 9.32. The Morgan fingerprint density at radius 3 is 2.58 bits per heavy atom. The zero-order valence-corrected chi connectivity index (χ0v) is 11.7. The molecule has 1 aromatic rings. The summed E-state index contributed by atoms with van der Waals surface area (Å²) in [6.07, 6.45) is 4.82. The fourth-order valence-electron chi connectivity index (χ4n) is 2.82. The molecule has 0 bridgehead atoms. The van der Waals surface area contributed by atoms with Crippen LogP contribution in [0.5, 0.6) is 0 Å². The topological polar surface area (TPSA) is 87.3 Å². The van der Waals surface area contributed by atoms with Gasteiger partial charge in [-0.3, -0.25) is 0 Å². The molecule has 6 heteroatoms. The third kappa shape index (κ3) is 2.96. The molecule has 0 aliphatic heterocycles. The van der Waals surface area contributed by atoms with E-state index in [1.54, 1.807) is 0 Å². The van der Waals surface area contributed by atoms with Crippen molar-refractivity contribution in [1.82, 2.24) is 9.97 Å². The van der Waals surface area contributed by atoms with E-state index in [0.717, 1.165) is 24.2 Å². The molecule has 19 heavy (non-hydrogen) atoms. The first kappa shape index (κ1) is 14.0. The Bertz CT molecular complexity index is 431. The summed E-state index contributed by atoms with van der Waals surface area (Å²) in [4.78, 5) is 11.0. The summed E-state index contributed by atoms with van der Waals surface area (Å²) >= 11 is 0. The van der Waals surface area contributed by atoms with Gasteiger partial charge in [-0.2, -0.15) is 0 Å². The van der Waals surface area contributed by atoms with Crippen molar-refractivity contribution in [3.8, 4) is 0 Å². The van der Waals surface area contributed by atoms with E-state index in [2.05, 4.69) is 20.3 Å². The summed E-state index contributed by atoms with van der Waals surface area (Å²) in [7, 11) is 0. The van der Waals surface area contributed by atoms with Crippen molar-refractivity contribution in [1.29, 1.82) is 0 Å². The standard InChI is InChI=1S/C13H23N5O/c1-9-12(17-14)15-10(2)16-13(9)18(7-8-19)11-5-3-4-6-11/h11,19H,3-8,14H2,1-2H3,(H,15,16,17). The minimum atomic E-state index is 0.129. The number of aryl methyl sites for hydroxylation is 1. The second-order valence-electron chi connectivity index (χ2n) is 5.07. The molecule has 0 radical (unpaired) electrons. The number of hydrazine groups is 1. The van der Waals surface area contributed by atoms with Crippen LogP contribution in [0.1, 0.15) is 37.1 Å². The highest BCUT2D eigenvalue weighted by atomic mass is 16.3. The number of nitrogen functional groups attached to an aromatic ring is 1. The molecule has 0 spiro atoms. The molecule has 106 valence electrons. The van der Waals surface area contributed by atoms with Gasteiger partial charge in [-0.15, -0.1) is 0 Å². The smallest absolute Gasteiger partial charge is 0.148 e. The molecule has 1 aliphatic carbocycles. The average molecular weight is 265 g/mol. The monoisotopic (exact) mass is 265 g/mol. The lowest BCUT2D eigenvalue weighted by Crippen LogP contribution is -2.37. The first-order valence-corrected chi connectivity index (χ1v) is 6.86. The van der Waals surface area contributed by atoms with Gasteiger partial charge in [-0.25, -0.2) is 15.8 Å².